The van der Waals surface area contributed by atoms with E-state index in [0.29, 0.717) is 11.3 Å². The molecule has 0 heterocycles. The molecule has 0 aliphatic heterocycles. The van der Waals surface area contributed by atoms with Gasteiger partial charge in [-0.05, 0) is 43.9 Å². The molecule has 4 heteroatoms. The minimum Gasteiger partial charge on any atom is -0.497 e. The Balaban J connectivity index is 1.87. The first-order chi connectivity index (χ1) is 11.8. The molecular weight excluding hydrogens is 300 g/mol. The first-order valence-corrected chi connectivity index (χ1v) is 9.19. The molecule has 4 nitrogen and oxygen atoms in total. The Bertz CT molecular complexity index is 540. The fourth-order valence-electron chi connectivity index (χ4n) is 2.99. The molecule has 1 aliphatic rings. The highest BCUT2D eigenvalue weighted by molar-refractivity contribution is 5.94. The van der Waals surface area contributed by atoms with Crippen molar-refractivity contribution in [2.45, 2.75) is 64.2 Å². The van der Waals surface area contributed by atoms with Gasteiger partial charge in [-0.1, -0.05) is 50.7 Å². The lowest BCUT2D eigenvalue weighted by Crippen LogP contribution is -2.36. The molecular formula is C20H30N2O2. The summed E-state index contributed by atoms with van der Waals surface area (Å²) in [7, 11) is 1.60. The second kappa shape index (κ2) is 10.7. The van der Waals surface area contributed by atoms with Crippen molar-refractivity contribution in [2.75, 3.05) is 7.11 Å². The Kier molecular flexibility index (Phi) is 8.22. The molecule has 1 aromatic rings. The van der Waals surface area contributed by atoms with Crippen molar-refractivity contribution in [3.63, 3.8) is 0 Å². The molecule has 2 N–H and O–H groups in total. The van der Waals surface area contributed by atoms with E-state index in [1.165, 1.54) is 51.4 Å². The maximum atomic E-state index is 12.3. The van der Waals surface area contributed by atoms with Crippen LogP contribution >= 0.6 is 0 Å². The molecule has 0 saturated heterocycles. The van der Waals surface area contributed by atoms with Crippen LogP contribution in [0.15, 0.2) is 36.0 Å². The lowest BCUT2D eigenvalue weighted by atomic mass is 10.0. The number of carbonyl (C=O) groups is 1. The summed E-state index contributed by atoms with van der Waals surface area (Å²) in [4.78, 5) is 12.3. The SMILES string of the molecule is COc1cccc(C(=O)NN/C2=C\CCCCCCCCCC2)c1. The topological polar surface area (TPSA) is 50.4 Å². The summed E-state index contributed by atoms with van der Waals surface area (Å²) in [5.41, 5.74) is 7.67. The number of ether oxygens (including phenoxy) is 1. The Hall–Kier alpha value is -1.97. The van der Waals surface area contributed by atoms with Crippen LogP contribution in [-0.2, 0) is 0 Å². The standard InChI is InChI=1S/C20H30N2O2/c1-24-19-15-11-12-17(16-19)20(23)22-21-18-13-9-7-5-3-2-4-6-8-10-14-18/h11-13,15-16,21H,2-10,14H2,1H3,(H,22,23)/b18-13-. The number of hydrogen-bond donors (Lipinski definition) is 2. The van der Waals surface area contributed by atoms with Crippen molar-refractivity contribution >= 4 is 5.91 Å². The third-order valence-electron chi connectivity index (χ3n) is 4.46. The molecule has 24 heavy (non-hydrogen) atoms. The van der Waals surface area contributed by atoms with Gasteiger partial charge in [-0.2, -0.15) is 0 Å². The Morgan fingerprint density at radius 2 is 1.71 bits per heavy atom. The zero-order valence-electron chi connectivity index (χ0n) is 14.8. The van der Waals surface area contributed by atoms with Crippen molar-refractivity contribution < 1.29 is 9.53 Å². The molecule has 0 spiro atoms. The van der Waals surface area contributed by atoms with E-state index in [0.717, 1.165) is 18.5 Å². The van der Waals surface area contributed by atoms with Crippen LogP contribution in [0.2, 0.25) is 0 Å². The van der Waals surface area contributed by atoms with E-state index in [9.17, 15) is 4.79 Å². The van der Waals surface area contributed by atoms with Gasteiger partial charge in [0.1, 0.15) is 5.75 Å². The van der Waals surface area contributed by atoms with E-state index in [1.807, 2.05) is 12.1 Å². The van der Waals surface area contributed by atoms with Gasteiger partial charge in [0.25, 0.3) is 5.91 Å². The summed E-state index contributed by atoms with van der Waals surface area (Å²) >= 11 is 0. The lowest BCUT2D eigenvalue weighted by Gasteiger charge is -2.14. The molecule has 0 fully saturated rings. The van der Waals surface area contributed by atoms with Crippen molar-refractivity contribution in [2.24, 2.45) is 0 Å². The summed E-state index contributed by atoms with van der Waals surface area (Å²) < 4.78 is 5.17. The maximum Gasteiger partial charge on any atom is 0.269 e. The molecule has 0 atom stereocenters. The highest BCUT2D eigenvalue weighted by atomic mass is 16.5. The van der Waals surface area contributed by atoms with Gasteiger partial charge in [0.15, 0.2) is 0 Å². The Labute approximate surface area is 145 Å². The van der Waals surface area contributed by atoms with Crippen molar-refractivity contribution in [1.29, 1.82) is 0 Å². The monoisotopic (exact) mass is 330 g/mol. The summed E-state index contributed by atoms with van der Waals surface area (Å²) in [6, 6.07) is 7.18. The number of benzene rings is 1. The molecule has 1 amide bonds. The van der Waals surface area contributed by atoms with Crippen molar-refractivity contribution in [3.05, 3.63) is 41.6 Å². The van der Waals surface area contributed by atoms with Gasteiger partial charge in [-0.15, -0.1) is 0 Å². The average molecular weight is 330 g/mol. The summed E-state index contributed by atoms with van der Waals surface area (Å²) in [5.74, 6) is 0.550. The van der Waals surface area contributed by atoms with E-state index in [1.54, 1.807) is 19.2 Å². The van der Waals surface area contributed by atoms with E-state index in [4.69, 9.17) is 4.74 Å². The van der Waals surface area contributed by atoms with Gasteiger partial charge >= 0.3 is 0 Å². The van der Waals surface area contributed by atoms with Crippen LogP contribution in [0.4, 0.5) is 0 Å². The van der Waals surface area contributed by atoms with Gasteiger partial charge in [0.2, 0.25) is 0 Å². The number of allylic oxidation sites excluding steroid dienone is 2. The molecule has 0 saturated carbocycles. The predicted molar refractivity (Wildman–Crippen MR) is 97.8 cm³/mol. The van der Waals surface area contributed by atoms with Crippen LogP contribution in [0.1, 0.15) is 74.6 Å². The largest absolute Gasteiger partial charge is 0.497 e. The number of carbonyl (C=O) groups excluding carboxylic acids is 1. The molecule has 1 aromatic carbocycles. The van der Waals surface area contributed by atoms with Crippen LogP contribution in [-0.4, -0.2) is 13.0 Å². The summed E-state index contributed by atoms with van der Waals surface area (Å²) in [6.07, 6.45) is 14.7. The van der Waals surface area contributed by atoms with Gasteiger partial charge in [0.05, 0.1) is 7.11 Å². The zero-order valence-corrected chi connectivity index (χ0v) is 14.8. The lowest BCUT2D eigenvalue weighted by molar-refractivity contribution is 0.0938. The summed E-state index contributed by atoms with van der Waals surface area (Å²) in [5, 5.41) is 0. The van der Waals surface area contributed by atoms with Crippen LogP contribution in [0.5, 0.6) is 5.75 Å². The zero-order chi connectivity index (χ0) is 17.0. The molecule has 1 aliphatic carbocycles. The van der Waals surface area contributed by atoms with E-state index >= 15 is 0 Å². The van der Waals surface area contributed by atoms with Crippen molar-refractivity contribution in [3.8, 4) is 5.75 Å². The predicted octanol–water partition coefficient (Wildman–Crippen LogP) is 4.73. The normalized spacial score (nSPS) is 19.1. The van der Waals surface area contributed by atoms with Crippen LogP contribution in [0.3, 0.4) is 0 Å². The molecule has 0 unspecified atom stereocenters. The van der Waals surface area contributed by atoms with Gasteiger partial charge in [0, 0.05) is 11.3 Å². The van der Waals surface area contributed by atoms with Crippen molar-refractivity contribution in [1.82, 2.24) is 10.9 Å². The van der Waals surface area contributed by atoms with E-state index in [2.05, 4.69) is 16.9 Å². The van der Waals surface area contributed by atoms with Gasteiger partial charge in [-0.3, -0.25) is 10.2 Å². The van der Waals surface area contributed by atoms with Crippen LogP contribution in [0, 0.1) is 0 Å². The highest BCUT2D eigenvalue weighted by Gasteiger charge is 2.07. The smallest absolute Gasteiger partial charge is 0.269 e. The third-order valence-corrected chi connectivity index (χ3v) is 4.46. The number of amides is 1. The molecule has 0 bridgehead atoms. The fourth-order valence-corrected chi connectivity index (χ4v) is 2.99. The van der Waals surface area contributed by atoms with Crippen LogP contribution in [0.25, 0.3) is 0 Å². The molecule has 132 valence electrons. The number of nitrogens with one attached hydrogen (secondary N) is 2. The number of hydrogen-bond acceptors (Lipinski definition) is 3. The first-order valence-electron chi connectivity index (χ1n) is 9.19. The second-order valence-electron chi connectivity index (χ2n) is 6.41. The van der Waals surface area contributed by atoms with Crippen LogP contribution < -0.4 is 15.6 Å². The first kappa shape index (κ1) is 18.4. The second-order valence-corrected chi connectivity index (χ2v) is 6.41. The Morgan fingerprint density at radius 3 is 2.46 bits per heavy atom. The quantitative estimate of drug-likeness (QED) is 0.785. The molecule has 2 rings (SSSR count). The van der Waals surface area contributed by atoms with E-state index in [-0.39, 0.29) is 5.91 Å². The number of rotatable bonds is 4. The number of hydrazine groups is 1. The highest BCUT2D eigenvalue weighted by Crippen LogP contribution is 2.16. The van der Waals surface area contributed by atoms with Gasteiger partial charge in [-0.25, -0.2) is 0 Å². The third kappa shape index (κ3) is 6.65. The average Bonchev–Trinajstić information content (AvgIpc) is 2.61. The molecule has 0 radical (unpaired) electrons. The minimum absolute atomic E-state index is 0.138. The maximum absolute atomic E-state index is 12.3. The Morgan fingerprint density at radius 1 is 1.00 bits per heavy atom. The fraction of sp³-hybridized carbons (Fsp3) is 0.550. The van der Waals surface area contributed by atoms with E-state index < -0.39 is 0 Å². The minimum atomic E-state index is -0.138. The summed E-state index contributed by atoms with van der Waals surface area (Å²) in [6.45, 7) is 0. The molecule has 0 aromatic heterocycles. The van der Waals surface area contributed by atoms with Gasteiger partial charge < -0.3 is 10.2 Å². The number of methoxy groups -OCH3 is 1.